The van der Waals surface area contributed by atoms with Crippen LogP contribution in [0.25, 0.3) is 0 Å². The van der Waals surface area contributed by atoms with E-state index in [1.165, 1.54) is 0 Å². The Bertz CT molecular complexity index is 365. The molecule has 0 aliphatic carbocycles. The van der Waals surface area contributed by atoms with E-state index in [1.807, 2.05) is 18.7 Å². The molecule has 1 rings (SSSR count). The second kappa shape index (κ2) is 5.55. The molecule has 1 N–H and O–H groups in total. The lowest BCUT2D eigenvalue weighted by molar-refractivity contribution is -0.136. The molecule has 1 heterocycles. The van der Waals surface area contributed by atoms with E-state index in [4.69, 9.17) is 5.11 Å². The zero-order chi connectivity index (χ0) is 11.4. The molecule has 0 aromatic carbocycles. The van der Waals surface area contributed by atoms with Gasteiger partial charge in [-0.05, 0) is 22.9 Å². The van der Waals surface area contributed by atoms with Crippen LogP contribution in [0.15, 0.2) is 4.47 Å². The summed E-state index contributed by atoms with van der Waals surface area (Å²) >= 11 is 5.07. The molecule has 0 saturated carbocycles. The van der Waals surface area contributed by atoms with Crippen LogP contribution in [0.5, 0.6) is 0 Å². The third kappa shape index (κ3) is 3.53. The topological polar surface area (TPSA) is 55.1 Å². The molecule has 0 saturated heterocycles. The SMILES string of the molecule is Cc1nn(C)c(CSCCC(=O)O)c1Br. The number of aryl methyl sites for hydroxylation is 2. The maximum Gasteiger partial charge on any atom is 0.304 e. The number of aliphatic carboxylic acids is 1. The number of thioether (sulfide) groups is 1. The van der Waals surface area contributed by atoms with Gasteiger partial charge in [-0.15, -0.1) is 0 Å². The smallest absolute Gasteiger partial charge is 0.304 e. The Morgan fingerprint density at radius 1 is 1.67 bits per heavy atom. The van der Waals surface area contributed by atoms with Crippen molar-refractivity contribution in [2.75, 3.05) is 5.75 Å². The molecule has 0 atom stereocenters. The summed E-state index contributed by atoms with van der Waals surface area (Å²) < 4.78 is 2.85. The lowest BCUT2D eigenvalue weighted by Crippen LogP contribution is -1.99. The van der Waals surface area contributed by atoms with Gasteiger partial charge in [0.1, 0.15) is 0 Å². The largest absolute Gasteiger partial charge is 0.481 e. The Kier molecular flexibility index (Phi) is 4.66. The number of aromatic nitrogens is 2. The Balaban J connectivity index is 2.47. The molecule has 0 radical (unpaired) electrons. The normalized spacial score (nSPS) is 10.6. The van der Waals surface area contributed by atoms with Crippen molar-refractivity contribution in [3.63, 3.8) is 0 Å². The van der Waals surface area contributed by atoms with Gasteiger partial charge in [0.25, 0.3) is 0 Å². The fourth-order valence-corrected chi connectivity index (χ4v) is 2.81. The lowest BCUT2D eigenvalue weighted by Gasteiger charge is -2.01. The van der Waals surface area contributed by atoms with Crippen LogP contribution in [0.3, 0.4) is 0 Å². The highest BCUT2D eigenvalue weighted by molar-refractivity contribution is 9.10. The molecular weight excluding hydrogens is 280 g/mol. The summed E-state index contributed by atoms with van der Waals surface area (Å²) in [5.41, 5.74) is 2.06. The molecule has 84 valence electrons. The van der Waals surface area contributed by atoms with Crippen LogP contribution in [0.1, 0.15) is 17.8 Å². The molecule has 0 aliphatic heterocycles. The van der Waals surface area contributed by atoms with Crippen molar-refractivity contribution in [3.8, 4) is 0 Å². The standard InChI is InChI=1S/C9H13BrN2O2S/c1-6-9(10)7(12(2)11-6)5-15-4-3-8(13)14/h3-5H2,1-2H3,(H,13,14). The van der Waals surface area contributed by atoms with Crippen LogP contribution in [-0.4, -0.2) is 26.6 Å². The fraction of sp³-hybridized carbons (Fsp3) is 0.556. The number of hydrogen-bond acceptors (Lipinski definition) is 3. The Labute approximate surface area is 101 Å². The van der Waals surface area contributed by atoms with Crippen LogP contribution in [-0.2, 0) is 17.6 Å². The van der Waals surface area contributed by atoms with Gasteiger partial charge in [0.05, 0.1) is 22.3 Å². The van der Waals surface area contributed by atoms with Crippen LogP contribution in [0.4, 0.5) is 0 Å². The second-order valence-electron chi connectivity index (χ2n) is 3.17. The van der Waals surface area contributed by atoms with Crippen molar-refractivity contribution in [1.29, 1.82) is 0 Å². The first-order valence-electron chi connectivity index (χ1n) is 4.50. The van der Waals surface area contributed by atoms with E-state index < -0.39 is 5.97 Å². The van der Waals surface area contributed by atoms with Crippen molar-refractivity contribution < 1.29 is 9.90 Å². The average Bonchev–Trinajstić information content (AvgIpc) is 2.37. The highest BCUT2D eigenvalue weighted by Crippen LogP contribution is 2.24. The maximum atomic E-state index is 10.3. The van der Waals surface area contributed by atoms with Crippen LogP contribution in [0, 0.1) is 6.92 Å². The van der Waals surface area contributed by atoms with Crippen LogP contribution >= 0.6 is 27.7 Å². The quantitative estimate of drug-likeness (QED) is 0.846. The first-order chi connectivity index (χ1) is 7.02. The number of halogens is 1. The molecule has 1 aromatic rings. The molecule has 0 aliphatic rings. The zero-order valence-corrected chi connectivity index (χ0v) is 11.1. The fourth-order valence-electron chi connectivity index (χ4n) is 1.17. The summed E-state index contributed by atoms with van der Waals surface area (Å²) in [6.45, 7) is 1.94. The molecule has 15 heavy (non-hydrogen) atoms. The number of hydrogen-bond donors (Lipinski definition) is 1. The Morgan fingerprint density at radius 2 is 2.33 bits per heavy atom. The summed E-state index contributed by atoms with van der Waals surface area (Å²) in [5, 5.41) is 12.7. The number of rotatable bonds is 5. The summed E-state index contributed by atoms with van der Waals surface area (Å²) in [4.78, 5) is 10.3. The third-order valence-electron chi connectivity index (χ3n) is 1.96. The maximum absolute atomic E-state index is 10.3. The average molecular weight is 293 g/mol. The van der Waals surface area contributed by atoms with E-state index in [-0.39, 0.29) is 6.42 Å². The van der Waals surface area contributed by atoms with Gasteiger partial charge in [-0.2, -0.15) is 16.9 Å². The summed E-state index contributed by atoms with van der Waals surface area (Å²) in [6, 6.07) is 0. The van der Waals surface area contributed by atoms with Gasteiger partial charge in [-0.1, -0.05) is 0 Å². The second-order valence-corrected chi connectivity index (χ2v) is 5.06. The van der Waals surface area contributed by atoms with Gasteiger partial charge in [0.2, 0.25) is 0 Å². The van der Waals surface area contributed by atoms with Gasteiger partial charge in [-0.25, -0.2) is 0 Å². The number of carboxylic acid groups (broad SMARTS) is 1. The van der Waals surface area contributed by atoms with E-state index >= 15 is 0 Å². The molecule has 0 unspecified atom stereocenters. The van der Waals surface area contributed by atoms with Crippen molar-refractivity contribution >= 4 is 33.7 Å². The first-order valence-corrected chi connectivity index (χ1v) is 6.44. The minimum Gasteiger partial charge on any atom is -0.481 e. The number of carboxylic acids is 1. The molecule has 0 amide bonds. The minimum atomic E-state index is -0.747. The Morgan fingerprint density at radius 3 is 2.80 bits per heavy atom. The van der Waals surface area contributed by atoms with Crippen molar-refractivity contribution in [2.45, 2.75) is 19.1 Å². The summed E-state index contributed by atoms with van der Waals surface area (Å²) in [6.07, 6.45) is 0.207. The van der Waals surface area contributed by atoms with Gasteiger partial charge in [0, 0.05) is 18.6 Å². The van der Waals surface area contributed by atoms with E-state index in [2.05, 4.69) is 21.0 Å². The molecule has 6 heteroatoms. The van der Waals surface area contributed by atoms with Crippen LogP contribution in [0.2, 0.25) is 0 Å². The molecule has 0 bridgehead atoms. The Hall–Kier alpha value is -0.490. The lowest BCUT2D eigenvalue weighted by atomic mass is 10.4. The molecule has 1 aromatic heterocycles. The zero-order valence-electron chi connectivity index (χ0n) is 8.66. The third-order valence-corrected chi connectivity index (χ3v) is 3.96. The van der Waals surface area contributed by atoms with Crippen LogP contribution < -0.4 is 0 Å². The number of carbonyl (C=O) groups is 1. The minimum absolute atomic E-state index is 0.207. The monoisotopic (exact) mass is 292 g/mol. The predicted molar refractivity (Wildman–Crippen MR) is 64.1 cm³/mol. The summed E-state index contributed by atoms with van der Waals surface area (Å²) in [7, 11) is 1.89. The van der Waals surface area contributed by atoms with E-state index in [0.29, 0.717) is 5.75 Å². The van der Waals surface area contributed by atoms with Crippen molar-refractivity contribution in [3.05, 3.63) is 15.9 Å². The van der Waals surface area contributed by atoms with Crippen molar-refractivity contribution in [2.24, 2.45) is 7.05 Å². The molecular formula is C9H13BrN2O2S. The van der Waals surface area contributed by atoms with Crippen molar-refractivity contribution in [1.82, 2.24) is 9.78 Å². The van der Waals surface area contributed by atoms with Gasteiger partial charge in [0.15, 0.2) is 0 Å². The van der Waals surface area contributed by atoms with Gasteiger partial charge >= 0.3 is 5.97 Å². The van der Waals surface area contributed by atoms with E-state index in [1.54, 1.807) is 11.8 Å². The first kappa shape index (κ1) is 12.6. The molecule has 4 nitrogen and oxygen atoms in total. The number of nitrogens with zero attached hydrogens (tertiary/aromatic N) is 2. The van der Waals surface area contributed by atoms with Gasteiger partial charge in [-0.3, -0.25) is 9.48 Å². The van der Waals surface area contributed by atoms with Gasteiger partial charge < -0.3 is 5.11 Å². The highest BCUT2D eigenvalue weighted by Gasteiger charge is 2.10. The predicted octanol–water partition coefficient (Wildman–Crippen LogP) is 2.20. The molecule has 0 fully saturated rings. The summed E-state index contributed by atoms with van der Waals surface area (Å²) in [5.74, 6) is 0.666. The van der Waals surface area contributed by atoms with E-state index in [9.17, 15) is 4.79 Å². The molecule has 0 spiro atoms. The van der Waals surface area contributed by atoms with E-state index in [0.717, 1.165) is 21.6 Å². The highest BCUT2D eigenvalue weighted by atomic mass is 79.9.